The van der Waals surface area contributed by atoms with Gasteiger partial charge in [-0.1, -0.05) is 38.3 Å². The zero-order chi connectivity index (χ0) is 15.3. The number of halogens is 2. The second-order valence-corrected chi connectivity index (χ2v) is 7.45. The highest BCUT2D eigenvalue weighted by molar-refractivity contribution is 9.10. The summed E-state index contributed by atoms with van der Waals surface area (Å²) >= 11 is 8.95. The van der Waals surface area contributed by atoms with E-state index in [9.17, 15) is 13.5 Å². The fraction of sp³-hybridized carbons (Fsp3) is 0.583. The van der Waals surface area contributed by atoms with Crippen LogP contribution in [0, 0.1) is 5.92 Å². The van der Waals surface area contributed by atoms with Crippen LogP contribution >= 0.6 is 27.5 Å². The number of aliphatic hydroxyl groups is 1. The number of nitrogens with one attached hydrogen (secondary N) is 1. The number of sulfonamides is 1. The molecule has 1 rings (SSSR count). The lowest BCUT2D eigenvalue weighted by molar-refractivity contribution is 0.107. The molecule has 8 heteroatoms. The van der Waals surface area contributed by atoms with Gasteiger partial charge in [0.25, 0.3) is 0 Å². The molecule has 114 valence electrons. The van der Waals surface area contributed by atoms with Crippen LogP contribution in [0.5, 0.6) is 0 Å². The molecule has 0 aromatic carbocycles. The van der Waals surface area contributed by atoms with Gasteiger partial charge in [-0.05, 0) is 27.9 Å². The number of aromatic nitrogens is 1. The van der Waals surface area contributed by atoms with Crippen LogP contribution in [0.2, 0.25) is 5.15 Å². The van der Waals surface area contributed by atoms with Crippen molar-refractivity contribution in [3.63, 3.8) is 0 Å². The van der Waals surface area contributed by atoms with E-state index in [1.54, 1.807) is 0 Å². The van der Waals surface area contributed by atoms with E-state index in [2.05, 4.69) is 25.6 Å². The van der Waals surface area contributed by atoms with Gasteiger partial charge in [0.05, 0.1) is 6.10 Å². The summed E-state index contributed by atoms with van der Waals surface area (Å²) in [5, 5.41) is 9.86. The third-order valence-corrected chi connectivity index (χ3v) is 5.42. The SMILES string of the molecule is CCC(CC)C(O)CNS(=O)(=O)c1cc(Br)cnc1Cl. The van der Waals surface area contributed by atoms with Crippen molar-refractivity contribution in [3.05, 3.63) is 21.9 Å². The molecule has 0 bridgehead atoms. The van der Waals surface area contributed by atoms with Crippen LogP contribution < -0.4 is 4.72 Å². The van der Waals surface area contributed by atoms with Gasteiger partial charge >= 0.3 is 0 Å². The molecular formula is C12H18BrClN2O3S. The van der Waals surface area contributed by atoms with Gasteiger partial charge < -0.3 is 5.11 Å². The molecule has 1 aromatic heterocycles. The van der Waals surface area contributed by atoms with Crippen LogP contribution in [0.15, 0.2) is 21.6 Å². The lowest BCUT2D eigenvalue weighted by Gasteiger charge is -2.20. The smallest absolute Gasteiger partial charge is 0.243 e. The van der Waals surface area contributed by atoms with Crippen LogP contribution in [0.4, 0.5) is 0 Å². The second-order valence-electron chi connectivity index (χ2n) is 4.44. The topological polar surface area (TPSA) is 79.3 Å². The minimum atomic E-state index is -3.79. The van der Waals surface area contributed by atoms with Crippen molar-refractivity contribution >= 4 is 37.6 Å². The Hall–Kier alpha value is -0.210. The zero-order valence-corrected chi connectivity index (χ0v) is 14.5. The van der Waals surface area contributed by atoms with Crippen molar-refractivity contribution in [1.82, 2.24) is 9.71 Å². The summed E-state index contributed by atoms with van der Waals surface area (Å²) in [6.07, 6.45) is 2.27. The quantitative estimate of drug-likeness (QED) is 0.707. The zero-order valence-electron chi connectivity index (χ0n) is 11.3. The maximum absolute atomic E-state index is 12.1. The Labute approximate surface area is 132 Å². The molecule has 20 heavy (non-hydrogen) atoms. The molecular weight excluding hydrogens is 368 g/mol. The first-order valence-electron chi connectivity index (χ1n) is 6.30. The van der Waals surface area contributed by atoms with Gasteiger partial charge in [-0.3, -0.25) is 0 Å². The first-order chi connectivity index (χ1) is 9.31. The summed E-state index contributed by atoms with van der Waals surface area (Å²) in [6, 6.07) is 1.38. The van der Waals surface area contributed by atoms with E-state index in [0.29, 0.717) is 4.47 Å². The third-order valence-electron chi connectivity index (χ3n) is 3.14. The lowest BCUT2D eigenvalue weighted by Crippen LogP contribution is -2.36. The molecule has 0 saturated heterocycles. The average molecular weight is 386 g/mol. The molecule has 2 N–H and O–H groups in total. The summed E-state index contributed by atoms with van der Waals surface area (Å²) in [7, 11) is -3.79. The van der Waals surface area contributed by atoms with Crippen molar-refractivity contribution in [3.8, 4) is 0 Å². The monoisotopic (exact) mass is 384 g/mol. The minimum Gasteiger partial charge on any atom is -0.391 e. The summed E-state index contributed by atoms with van der Waals surface area (Å²) in [5.41, 5.74) is 0. The van der Waals surface area contributed by atoms with Gasteiger partial charge in [0.15, 0.2) is 0 Å². The van der Waals surface area contributed by atoms with Gasteiger partial charge in [0.1, 0.15) is 10.0 Å². The Bertz CT molecular complexity index is 550. The molecule has 0 amide bonds. The van der Waals surface area contributed by atoms with E-state index in [1.165, 1.54) is 12.3 Å². The summed E-state index contributed by atoms with van der Waals surface area (Å²) in [4.78, 5) is 3.67. The first kappa shape index (κ1) is 17.8. The maximum atomic E-state index is 12.1. The number of aliphatic hydroxyl groups excluding tert-OH is 1. The summed E-state index contributed by atoms with van der Waals surface area (Å²) in [5.74, 6) is 0.0637. The van der Waals surface area contributed by atoms with Crippen LogP contribution in [-0.4, -0.2) is 31.2 Å². The number of nitrogens with zero attached hydrogens (tertiary/aromatic N) is 1. The molecule has 1 aromatic rings. The van der Waals surface area contributed by atoms with Crippen molar-refractivity contribution in [2.75, 3.05) is 6.54 Å². The third kappa shape index (κ3) is 4.66. The highest BCUT2D eigenvalue weighted by atomic mass is 79.9. The molecule has 0 saturated carbocycles. The predicted molar refractivity (Wildman–Crippen MR) is 82.2 cm³/mol. The van der Waals surface area contributed by atoms with Crippen molar-refractivity contribution < 1.29 is 13.5 Å². The molecule has 5 nitrogen and oxygen atoms in total. The first-order valence-corrected chi connectivity index (χ1v) is 8.96. The highest BCUT2D eigenvalue weighted by Crippen LogP contribution is 2.22. The Balaban J connectivity index is 2.83. The number of pyridine rings is 1. The van der Waals surface area contributed by atoms with E-state index in [1.807, 2.05) is 13.8 Å². The minimum absolute atomic E-state index is 0.0441. The standard InChI is InChI=1S/C12H18BrClN2O3S/c1-3-8(4-2)10(17)7-16-20(18,19)11-5-9(13)6-15-12(11)14/h5-6,8,10,16-17H,3-4,7H2,1-2H3. The molecule has 0 radical (unpaired) electrons. The molecule has 0 aliphatic carbocycles. The Morgan fingerprint density at radius 2 is 2.05 bits per heavy atom. The Morgan fingerprint density at radius 3 is 2.60 bits per heavy atom. The van der Waals surface area contributed by atoms with Crippen molar-refractivity contribution in [1.29, 1.82) is 0 Å². The van der Waals surface area contributed by atoms with Crippen LogP contribution in [0.1, 0.15) is 26.7 Å². The largest absolute Gasteiger partial charge is 0.391 e. The molecule has 0 spiro atoms. The van der Waals surface area contributed by atoms with Crippen molar-refractivity contribution in [2.24, 2.45) is 5.92 Å². The number of rotatable bonds is 7. The van der Waals surface area contributed by atoms with Gasteiger partial charge in [-0.2, -0.15) is 0 Å². The predicted octanol–water partition coefficient (Wildman–Crippen LogP) is 2.57. The molecule has 1 heterocycles. The summed E-state index contributed by atoms with van der Waals surface area (Å²) < 4.78 is 27.2. The van der Waals surface area contributed by atoms with Gasteiger partial charge in [0.2, 0.25) is 10.0 Å². The molecule has 1 unspecified atom stereocenters. The van der Waals surface area contributed by atoms with Gasteiger partial charge in [-0.25, -0.2) is 18.1 Å². The molecule has 0 aliphatic rings. The van der Waals surface area contributed by atoms with E-state index in [4.69, 9.17) is 11.6 Å². The lowest BCUT2D eigenvalue weighted by atomic mass is 9.97. The highest BCUT2D eigenvalue weighted by Gasteiger charge is 2.22. The van der Waals surface area contributed by atoms with E-state index < -0.39 is 16.1 Å². The van der Waals surface area contributed by atoms with Gasteiger partial charge in [-0.15, -0.1) is 0 Å². The molecule has 0 aliphatic heterocycles. The fourth-order valence-electron chi connectivity index (χ4n) is 1.86. The Morgan fingerprint density at radius 1 is 1.45 bits per heavy atom. The van der Waals surface area contributed by atoms with Crippen LogP contribution in [0.25, 0.3) is 0 Å². The normalized spacial score (nSPS) is 13.7. The van der Waals surface area contributed by atoms with Gasteiger partial charge in [0, 0.05) is 17.2 Å². The summed E-state index contributed by atoms with van der Waals surface area (Å²) in [6.45, 7) is 3.87. The maximum Gasteiger partial charge on any atom is 0.243 e. The number of hydrogen-bond acceptors (Lipinski definition) is 4. The van der Waals surface area contributed by atoms with E-state index >= 15 is 0 Å². The van der Waals surface area contributed by atoms with E-state index in [-0.39, 0.29) is 22.5 Å². The average Bonchev–Trinajstić information content (AvgIpc) is 2.40. The van der Waals surface area contributed by atoms with Crippen molar-refractivity contribution in [2.45, 2.75) is 37.7 Å². The van der Waals surface area contributed by atoms with E-state index in [0.717, 1.165) is 12.8 Å². The fourth-order valence-corrected chi connectivity index (χ4v) is 3.86. The second kappa shape index (κ2) is 7.70. The number of hydrogen-bond donors (Lipinski definition) is 2. The van der Waals surface area contributed by atoms with Crippen LogP contribution in [-0.2, 0) is 10.0 Å². The van der Waals surface area contributed by atoms with Crippen LogP contribution in [0.3, 0.4) is 0 Å². The molecule has 1 atom stereocenters. The molecule has 0 fully saturated rings. The Kier molecular flexibility index (Phi) is 6.87.